The number of amides is 1. The molecule has 1 heterocycles. The molecule has 0 radical (unpaired) electrons. The van der Waals surface area contributed by atoms with Gasteiger partial charge >= 0.3 is 0 Å². The number of carbonyl (C=O) groups excluding carboxylic acids is 1. The fourth-order valence-electron chi connectivity index (χ4n) is 3.29. The maximum atomic E-state index is 12.5. The second-order valence-corrected chi connectivity index (χ2v) is 6.95. The third-order valence-corrected chi connectivity index (χ3v) is 4.81. The molecule has 1 amide bonds. The minimum Gasteiger partial charge on any atom is -0.494 e. The molecule has 156 valence electrons. The minimum absolute atomic E-state index is 0.0157. The molecule has 2 aromatic rings. The van der Waals surface area contributed by atoms with Gasteiger partial charge in [0.15, 0.2) is 0 Å². The van der Waals surface area contributed by atoms with Gasteiger partial charge in [-0.2, -0.15) is 0 Å². The summed E-state index contributed by atoms with van der Waals surface area (Å²) in [6, 6.07) is 17.5. The van der Waals surface area contributed by atoms with Crippen LogP contribution in [0.4, 0.5) is 0 Å². The Morgan fingerprint density at radius 1 is 1.03 bits per heavy atom. The molecule has 0 unspecified atom stereocenters. The first-order valence-corrected chi connectivity index (χ1v) is 10.2. The van der Waals surface area contributed by atoms with E-state index in [0.29, 0.717) is 19.6 Å². The number of ether oxygens (including phenoxy) is 3. The first-order chi connectivity index (χ1) is 14.2. The van der Waals surface area contributed by atoms with E-state index in [2.05, 4.69) is 22.3 Å². The van der Waals surface area contributed by atoms with Gasteiger partial charge in [-0.1, -0.05) is 30.3 Å². The molecule has 0 saturated carbocycles. The van der Waals surface area contributed by atoms with E-state index in [9.17, 15) is 4.79 Å². The average molecular weight is 399 g/mol. The molecule has 1 aliphatic heterocycles. The lowest BCUT2D eigenvalue weighted by Crippen LogP contribution is -2.43. The molecule has 0 aromatic heterocycles. The monoisotopic (exact) mass is 398 g/mol. The predicted molar refractivity (Wildman–Crippen MR) is 112 cm³/mol. The van der Waals surface area contributed by atoms with Crippen LogP contribution in [0.2, 0.25) is 0 Å². The molecule has 29 heavy (non-hydrogen) atoms. The predicted octanol–water partition coefficient (Wildman–Crippen LogP) is 3.04. The van der Waals surface area contributed by atoms with Gasteiger partial charge in [0, 0.05) is 19.6 Å². The summed E-state index contributed by atoms with van der Waals surface area (Å²) in [5.41, 5.74) is 1.11. The van der Waals surface area contributed by atoms with E-state index in [1.165, 1.54) is 0 Å². The quantitative estimate of drug-likeness (QED) is 0.667. The summed E-state index contributed by atoms with van der Waals surface area (Å²) >= 11 is 0. The topological polar surface area (TPSA) is 60.0 Å². The Morgan fingerprint density at radius 3 is 2.34 bits per heavy atom. The molecular weight excluding hydrogens is 368 g/mol. The normalized spacial score (nSPS) is 15.5. The van der Waals surface area contributed by atoms with E-state index in [4.69, 9.17) is 14.2 Å². The maximum absolute atomic E-state index is 12.5. The molecule has 1 N–H and O–H groups in total. The Bertz CT molecular complexity index is 730. The first kappa shape index (κ1) is 21.1. The minimum atomic E-state index is -0.0488. The molecule has 1 fully saturated rings. The highest BCUT2D eigenvalue weighted by Crippen LogP contribution is 2.18. The van der Waals surface area contributed by atoms with E-state index in [0.717, 1.165) is 49.9 Å². The van der Waals surface area contributed by atoms with Crippen LogP contribution in [0.15, 0.2) is 54.6 Å². The van der Waals surface area contributed by atoms with Gasteiger partial charge in [-0.25, -0.2) is 0 Å². The Balaban J connectivity index is 1.49. The number of carbonyl (C=O) groups is 1. The highest BCUT2D eigenvalue weighted by atomic mass is 16.5. The molecule has 0 aliphatic carbocycles. The van der Waals surface area contributed by atoms with Gasteiger partial charge in [-0.15, -0.1) is 0 Å². The highest BCUT2D eigenvalue weighted by Gasteiger charge is 2.20. The largest absolute Gasteiger partial charge is 0.494 e. The molecule has 0 bridgehead atoms. The van der Waals surface area contributed by atoms with Gasteiger partial charge in [0.25, 0.3) is 0 Å². The fraction of sp³-hybridized carbons (Fsp3) is 0.435. The molecular formula is C23H30N2O4. The molecule has 1 atom stereocenters. The summed E-state index contributed by atoms with van der Waals surface area (Å²) < 4.78 is 16.6. The van der Waals surface area contributed by atoms with Crippen LogP contribution in [0.1, 0.15) is 24.9 Å². The zero-order valence-corrected chi connectivity index (χ0v) is 17.0. The number of hydrogen-bond acceptors (Lipinski definition) is 5. The van der Waals surface area contributed by atoms with Crippen molar-refractivity contribution in [2.75, 3.05) is 46.1 Å². The van der Waals surface area contributed by atoms with Crippen molar-refractivity contribution in [1.82, 2.24) is 10.2 Å². The van der Waals surface area contributed by atoms with Gasteiger partial charge in [0.2, 0.25) is 5.91 Å². The van der Waals surface area contributed by atoms with Crippen molar-refractivity contribution in [1.29, 1.82) is 0 Å². The number of nitrogens with zero attached hydrogens (tertiary/aromatic N) is 1. The van der Waals surface area contributed by atoms with Gasteiger partial charge in [-0.3, -0.25) is 9.69 Å². The number of morpholine rings is 1. The highest BCUT2D eigenvalue weighted by molar-refractivity contribution is 5.76. The van der Waals surface area contributed by atoms with Crippen molar-refractivity contribution in [3.8, 4) is 11.5 Å². The van der Waals surface area contributed by atoms with Crippen LogP contribution in [0.25, 0.3) is 0 Å². The van der Waals surface area contributed by atoms with Gasteiger partial charge in [0.1, 0.15) is 11.5 Å². The fourth-order valence-corrected chi connectivity index (χ4v) is 3.29. The number of hydrogen-bond donors (Lipinski definition) is 1. The number of nitrogens with one attached hydrogen (secondary N) is 1. The van der Waals surface area contributed by atoms with Crippen molar-refractivity contribution in [2.24, 2.45) is 0 Å². The molecule has 2 aromatic carbocycles. The summed E-state index contributed by atoms with van der Waals surface area (Å²) in [6.45, 7) is 6.95. The van der Waals surface area contributed by atoms with Crippen LogP contribution in [-0.4, -0.2) is 56.9 Å². The SMILES string of the molecule is CCOc1ccc(OCCC(=O)N[C@H](CN2CCOCC2)c2ccccc2)cc1. The van der Waals surface area contributed by atoms with E-state index >= 15 is 0 Å². The average Bonchev–Trinajstić information content (AvgIpc) is 2.76. The van der Waals surface area contributed by atoms with Crippen LogP contribution < -0.4 is 14.8 Å². The Labute approximate surface area is 172 Å². The summed E-state index contributed by atoms with van der Waals surface area (Å²) in [4.78, 5) is 14.9. The summed E-state index contributed by atoms with van der Waals surface area (Å²) in [5.74, 6) is 1.53. The van der Waals surface area contributed by atoms with Crippen LogP contribution in [-0.2, 0) is 9.53 Å². The van der Waals surface area contributed by atoms with Crippen molar-refractivity contribution in [2.45, 2.75) is 19.4 Å². The third-order valence-electron chi connectivity index (χ3n) is 4.81. The summed E-state index contributed by atoms with van der Waals surface area (Å²) in [7, 11) is 0. The Kier molecular flexibility index (Phi) is 8.34. The first-order valence-electron chi connectivity index (χ1n) is 10.2. The standard InChI is InChI=1S/C23H30N2O4/c1-2-28-20-8-10-21(11-9-20)29-15-12-23(26)24-22(19-6-4-3-5-7-19)18-25-13-16-27-17-14-25/h3-11,22H,2,12-18H2,1H3,(H,24,26)/t22-/m1/s1. The zero-order chi connectivity index (χ0) is 20.3. The van der Waals surface area contributed by atoms with E-state index in [1.807, 2.05) is 49.4 Å². The van der Waals surface area contributed by atoms with E-state index in [-0.39, 0.29) is 11.9 Å². The molecule has 1 saturated heterocycles. The second kappa shape index (κ2) is 11.4. The second-order valence-electron chi connectivity index (χ2n) is 6.95. The third kappa shape index (κ3) is 7.07. The van der Waals surface area contributed by atoms with Crippen LogP contribution in [0.5, 0.6) is 11.5 Å². The van der Waals surface area contributed by atoms with Gasteiger partial charge in [0.05, 0.1) is 38.9 Å². The van der Waals surface area contributed by atoms with Crippen molar-refractivity contribution >= 4 is 5.91 Å². The number of benzene rings is 2. The molecule has 0 spiro atoms. The summed E-state index contributed by atoms with van der Waals surface area (Å²) in [5, 5.41) is 3.17. The smallest absolute Gasteiger partial charge is 0.223 e. The van der Waals surface area contributed by atoms with E-state index < -0.39 is 0 Å². The Morgan fingerprint density at radius 2 is 1.69 bits per heavy atom. The van der Waals surface area contributed by atoms with Crippen molar-refractivity contribution in [3.05, 3.63) is 60.2 Å². The summed E-state index contributed by atoms with van der Waals surface area (Å²) in [6.07, 6.45) is 0.305. The van der Waals surface area contributed by atoms with Crippen LogP contribution >= 0.6 is 0 Å². The maximum Gasteiger partial charge on any atom is 0.223 e. The molecule has 6 heteroatoms. The molecule has 3 rings (SSSR count). The van der Waals surface area contributed by atoms with Gasteiger partial charge < -0.3 is 19.5 Å². The van der Waals surface area contributed by atoms with Gasteiger partial charge in [-0.05, 0) is 36.8 Å². The Hall–Kier alpha value is -2.57. The van der Waals surface area contributed by atoms with E-state index in [1.54, 1.807) is 0 Å². The zero-order valence-electron chi connectivity index (χ0n) is 17.0. The molecule has 6 nitrogen and oxygen atoms in total. The lowest BCUT2D eigenvalue weighted by Gasteiger charge is -2.31. The lowest BCUT2D eigenvalue weighted by atomic mass is 10.1. The van der Waals surface area contributed by atoms with Crippen LogP contribution in [0.3, 0.4) is 0 Å². The van der Waals surface area contributed by atoms with Crippen molar-refractivity contribution in [3.63, 3.8) is 0 Å². The number of rotatable bonds is 10. The lowest BCUT2D eigenvalue weighted by molar-refractivity contribution is -0.122. The molecule has 1 aliphatic rings. The van der Waals surface area contributed by atoms with Crippen molar-refractivity contribution < 1.29 is 19.0 Å². The van der Waals surface area contributed by atoms with Crippen LogP contribution in [0, 0.1) is 0 Å².